The van der Waals surface area contributed by atoms with E-state index in [1.54, 1.807) is 38.4 Å². The normalized spacial score (nSPS) is 12.5. The van der Waals surface area contributed by atoms with E-state index in [9.17, 15) is 17.6 Å². The number of methoxy groups -OCH3 is 1. The highest BCUT2D eigenvalue weighted by Crippen LogP contribution is 2.23. The van der Waals surface area contributed by atoms with Crippen molar-refractivity contribution in [3.8, 4) is 5.75 Å². The largest absolute Gasteiger partial charge is 0.497 e. The molecule has 2 aromatic rings. The topological polar surface area (TPSA) is 75.7 Å². The molecule has 8 heteroatoms. The van der Waals surface area contributed by atoms with Gasteiger partial charge < -0.3 is 9.64 Å². The average molecular weight is 380 g/mol. The van der Waals surface area contributed by atoms with Crippen LogP contribution in [0.25, 0.3) is 0 Å². The highest BCUT2D eigenvalue weighted by atomic mass is 32.2. The maximum absolute atomic E-state index is 13.1. The van der Waals surface area contributed by atoms with Gasteiger partial charge in [0.15, 0.2) is 0 Å². The van der Waals surface area contributed by atoms with E-state index in [2.05, 4.69) is 4.72 Å². The summed E-state index contributed by atoms with van der Waals surface area (Å²) < 4.78 is 44.0. The molecule has 0 heterocycles. The Labute approximate surface area is 152 Å². The molecule has 1 N–H and O–H groups in total. The summed E-state index contributed by atoms with van der Waals surface area (Å²) in [5, 5.41) is 0. The molecule has 0 spiro atoms. The first kappa shape index (κ1) is 19.9. The van der Waals surface area contributed by atoms with Gasteiger partial charge in [-0.2, -0.15) is 0 Å². The molecule has 0 saturated carbocycles. The molecular formula is C18H21FN2O4S. The molecule has 2 rings (SSSR count). The van der Waals surface area contributed by atoms with Crippen LogP contribution in [0.5, 0.6) is 5.75 Å². The summed E-state index contributed by atoms with van der Waals surface area (Å²) in [6.07, 6.45) is 0.905. The fourth-order valence-corrected chi connectivity index (χ4v) is 3.18. The fourth-order valence-electron chi connectivity index (χ4n) is 2.44. The summed E-state index contributed by atoms with van der Waals surface area (Å²) in [7, 11) is -0.404. The molecule has 2 aromatic carbocycles. The van der Waals surface area contributed by atoms with Gasteiger partial charge in [0.1, 0.15) is 11.6 Å². The quantitative estimate of drug-likeness (QED) is 0.801. The Morgan fingerprint density at radius 1 is 1.15 bits per heavy atom. The number of hydrogen-bond acceptors (Lipinski definition) is 4. The number of nitrogens with zero attached hydrogens (tertiary/aromatic N) is 1. The Hall–Kier alpha value is -2.45. The van der Waals surface area contributed by atoms with Gasteiger partial charge in [0, 0.05) is 19.2 Å². The lowest BCUT2D eigenvalue weighted by Crippen LogP contribution is -2.34. The molecule has 0 saturated heterocycles. The number of carbonyl (C=O) groups excluding carboxylic acids is 1. The van der Waals surface area contributed by atoms with E-state index in [0.29, 0.717) is 17.0 Å². The Bertz CT molecular complexity index is 852. The first-order chi connectivity index (χ1) is 12.2. The number of nitrogens with one attached hydrogen (secondary N) is 1. The molecule has 0 fully saturated rings. The molecule has 26 heavy (non-hydrogen) atoms. The first-order valence-corrected chi connectivity index (χ1v) is 9.72. The number of carbonyl (C=O) groups is 1. The van der Waals surface area contributed by atoms with Crippen LogP contribution in [0.15, 0.2) is 48.5 Å². The number of benzene rings is 2. The Morgan fingerprint density at radius 3 is 2.23 bits per heavy atom. The second kappa shape index (κ2) is 8.29. The molecule has 0 bridgehead atoms. The van der Waals surface area contributed by atoms with Gasteiger partial charge in [0.05, 0.1) is 19.4 Å². The Kier molecular flexibility index (Phi) is 6.33. The van der Waals surface area contributed by atoms with Crippen molar-refractivity contribution in [2.75, 3.05) is 25.3 Å². The minimum atomic E-state index is -3.56. The van der Waals surface area contributed by atoms with Crippen molar-refractivity contribution >= 4 is 21.6 Å². The van der Waals surface area contributed by atoms with E-state index in [4.69, 9.17) is 4.74 Å². The van der Waals surface area contributed by atoms with Gasteiger partial charge in [0.2, 0.25) is 15.9 Å². The number of rotatable bonds is 7. The summed E-state index contributed by atoms with van der Waals surface area (Å²) in [5.74, 6) is -0.0632. The predicted octanol–water partition coefficient (Wildman–Crippen LogP) is 2.48. The van der Waals surface area contributed by atoms with Crippen LogP contribution >= 0.6 is 0 Å². The number of anilines is 1. The van der Waals surface area contributed by atoms with Crippen LogP contribution in [-0.4, -0.2) is 34.7 Å². The van der Waals surface area contributed by atoms with E-state index >= 15 is 0 Å². The van der Waals surface area contributed by atoms with Crippen molar-refractivity contribution in [1.82, 2.24) is 4.72 Å². The lowest BCUT2D eigenvalue weighted by atomic mass is 10.0. The van der Waals surface area contributed by atoms with Crippen LogP contribution in [0.1, 0.15) is 18.0 Å². The molecular weight excluding hydrogens is 359 g/mol. The van der Waals surface area contributed by atoms with Gasteiger partial charge in [-0.1, -0.05) is 12.1 Å². The second-order valence-electron chi connectivity index (χ2n) is 5.85. The minimum Gasteiger partial charge on any atom is -0.497 e. The van der Waals surface area contributed by atoms with E-state index in [0.717, 1.165) is 6.26 Å². The average Bonchev–Trinajstić information content (AvgIpc) is 2.60. The third-order valence-electron chi connectivity index (χ3n) is 3.84. The SMILES string of the molecule is COc1ccc(N(C)C(=O)C[C@H](NS(C)(=O)=O)c2ccc(F)cc2)cc1. The van der Waals surface area contributed by atoms with Crippen molar-refractivity contribution < 1.29 is 22.3 Å². The highest BCUT2D eigenvalue weighted by Gasteiger charge is 2.22. The van der Waals surface area contributed by atoms with E-state index in [1.807, 2.05) is 0 Å². The van der Waals surface area contributed by atoms with Crippen molar-refractivity contribution in [3.05, 3.63) is 59.9 Å². The summed E-state index contributed by atoms with van der Waals surface area (Å²) in [5.41, 5.74) is 1.15. The van der Waals surface area contributed by atoms with E-state index in [1.165, 1.54) is 29.2 Å². The highest BCUT2D eigenvalue weighted by molar-refractivity contribution is 7.88. The number of hydrogen-bond donors (Lipinski definition) is 1. The maximum Gasteiger partial charge on any atom is 0.228 e. The minimum absolute atomic E-state index is 0.110. The molecule has 0 aromatic heterocycles. The zero-order valence-electron chi connectivity index (χ0n) is 14.8. The molecule has 1 amide bonds. The molecule has 6 nitrogen and oxygen atoms in total. The molecule has 140 valence electrons. The van der Waals surface area contributed by atoms with Crippen LogP contribution in [0.2, 0.25) is 0 Å². The lowest BCUT2D eigenvalue weighted by molar-refractivity contribution is -0.118. The monoisotopic (exact) mass is 380 g/mol. The van der Waals surface area contributed by atoms with Gasteiger partial charge in [-0.05, 0) is 42.0 Å². The van der Waals surface area contributed by atoms with Crippen molar-refractivity contribution in [3.63, 3.8) is 0 Å². The zero-order chi connectivity index (χ0) is 19.3. The van der Waals surface area contributed by atoms with E-state index in [-0.39, 0.29) is 12.3 Å². The van der Waals surface area contributed by atoms with Gasteiger partial charge in [-0.15, -0.1) is 0 Å². The summed E-state index contributed by atoms with van der Waals surface area (Å²) >= 11 is 0. The number of ether oxygens (including phenoxy) is 1. The lowest BCUT2D eigenvalue weighted by Gasteiger charge is -2.22. The maximum atomic E-state index is 13.1. The molecule has 0 unspecified atom stereocenters. The standard InChI is InChI=1S/C18H21FN2O4S/c1-21(15-8-10-16(25-2)11-9-15)18(22)12-17(20-26(3,23)24)13-4-6-14(19)7-5-13/h4-11,17,20H,12H2,1-3H3/t17-/m0/s1. The number of amides is 1. The Balaban J connectivity index is 2.20. The van der Waals surface area contributed by atoms with Crippen molar-refractivity contribution in [2.45, 2.75) is 12.5 Å². The van der Waals surface area contributed by atoms with Crippen LogP contribution in [0.4, 0.5) is 10.1 Å². The summed E-state index contributed by atoms with van der Waals surface area (Å²) in [6.45, 7) is 0. The predicted molar refractivity (Wildman–Crippen MR) is 98.1 cm³/mol. The number of sulfonamides is 1. The van der Waals surface area contributed by atoms with Gasteiger partial charge in [0.25, 0.3) is 0 Å². The Morgan fingerprint density at radius 2 is 1.73 bits per heavy atom. The van der Waals surface area contributed by atoms with Crippen LogP contribution in [0, 0.1) is 5.82 Å². The van der Waals surface area contributed by atoms with Gasteiger partial charge in [-0.25, -0.2) is 17.5 Å². The molecule has 0 aliphatic carbocycles. The van der Waals surface area contributed by atoms with Crippen molar-refractivity contribution in [2.24, 2.45) is 0 Å². The fraction of sp³-hybridized carbons (Fsp3) is 0.278. The number of halogens is 1. The van der Waals surface area contributed by atoms with E-state index < -0.39 is 21.9 Å². The molecule has 1 atom stereocenters. The summed E-state index contributed by atoms with van der Waals surface area (Å²) in [4.78, 5) is 14.1. The summed E-state index contributed by atoms with van der Waals surface area (Å²) in [6, 6.07) is 11.5. The molecule has 0 aliphatic heterocycles. The zero-order valence-corrected chi connectivity index (χ0v) is 15.6. The van der Waals surface area contributed by atoms with Gasteiger partial charge >= 0.3 is 0 Å². The molecule has 0 radical (unpaired) electrons. The van der Waals surface area contributed by atoms with Gasteiger partial charge in [-0.3, -0.25) is 4.79 Å². The first-order valence-electron chi connectivity index (χ1n) is 7.83. The second-order valence-corrected chi connectivity index (χ2v) is 7.63. The van der Waals surface area contributed by atoms with Crippen molar-refractivity contribution in [1.29, 1.82) is 0 Å². The smallest absolute Gasteiger partial charge is 0.228 e. The van der Waals surface area contributed by atoms with Crippen LogP contribution in [-0.2, 0) is 14.8 Å². The van der Waals surface area contributed by atoms with Crippen LogP contribution < -0.4 is 14.4 Å². The van der Waals surface area contributed by atoms with Crippen LogP contribution in [0.3, 0.4) is 0 Å². The third kappa shape index (κ3) is 5.53. The molecule has 0 aliphatic rings. The third-order valence-corrected chi connectivity index (χ3v) is 4.55.